The second kappa shape index (κ2) is 5.27. The SMILES string of the molecule is O=C(Oc1ccccc1CO)c1ccccc1. The van der Waals surface area contributed by atoms with Crippen molar-refractivity contribution in [1.82, 2.24) is 0 Å². The molecule has 0 aliphatic heterocycles. The number of hydrogen-bond donors (Lipinski definition) is 1. The summed E-state index contributed by atoms with van der Waals surface area (Å²) in [6.07, 6.45) is 0. The average Bonchev–Trinajstić information content (AvgIpc) is 2.40. The zero-order chi connectivity index (χ0) is 12.1. The quantitative estimate of drug-likeness (QED) is 0.648. The summed E-state index contributed by atoms with van der Waals surface area (Å²) < 4.78 is 5.22. The van der Waals surface area contributed by atoms with Crippen LogP contribution in [-0.2, 0) is 6.61 Å². The van der Waals surface area contributed by atoms with Crippen molar-refractivity contribution in [2.75, 3.05) is 0 Å². The van der Waals surface area contributed by atoms with Gasteiger partial charge in [-0.25, -0.2) is 4.79 Å². The molecule has 0 unspecified atom stereocenters. The topological polar surface area (TPSA) is 46.5 Å². The fraction of sp³-hybridized carbons (Fsp3) is 0.0714. The van der Waals surface area contributed by atoms with Crippen LogP contribution in [0.3, 0.4) is 0 Å². The van der Waals surface area contributed by atoms with E-state index in [0.717, 1.165) is 0 Å². The summed E-state index contributed by atoms with van der Waals surface area (Å²) in [5.41, 5.74) is 1.08. The Hall–Kier alpha value is -2.13. The molecule has 2 aromatic carbocycles. The molecule has 0 saturated carbocycles. The van der Waals surface area contributed by atoms with Crippen LogP contribution in [0.2, 0.25) is 0 Å². The minimum Gasteiger partial charge on any atom is -0.423 e. The molecular weight excluding hydrogens is 216 g/mol. The number of benzene rings is 2. The van der Waals surface area contributed by atoms with Gasteiger partial charge in [0.05, 0.1) is 12.2 Å². The van der Waals surface area contributed by atoms with Gasteiger partial charge in [0.1, 0.15) is 5.75 Å². The number of hydrogen-bond acceptors (Lipinski definition) is 3. The van der Waals surface area contributed by atoms with E-state index >= 15 is 0 Å². The Bertz CT molecular complexity index is 506. The molecule has 0 amide bonds. The summed E-state index contributed by atoms with van der Waals surface area (Å²) in [5, 5.41) is 9.11. The van der Waals surface area contributed by atoms with Gasteiger partial charge < -0.3 is 9.84 Å². The van der Waals surface area contributed by atoms with Crippen LogP contribution < -0.4 is 4.74 Å². The molecule has 0 heterocycles. The van der Waals surface area contributed by atoms with Gasteiger partial charge in [-0.1, -0.05) is 36.4 Å². The minimum atomic E-state index is -0.425. The van der Waals surface area contributed by atoms with Crippen LogP contribution >= 0.6 is 0 Å². The molecule has 0 aromatic heterocycles. The van der Waals surface area contributed by atoms with E-state index in [1.807, 2.05) is 6.07 Å². The number of aliphatic hydroxyl groups is 1. The molecule has 1 N–H and O–H groups in total. The fourth-order valence-electron chi connectivity index (χ4n) is 1.47. The van der Waals surface area contributed by atoms with Gasteiger partial charge in [-0.05, 0) is 18.2 Å². The van der Waals surface area contributed by atoms with E-state index in [2.05, 4.69) is 0 Å². The molecule has 0 bridgehead atoms. The van der Waals surface area contributed by atoms with Gasteiger partial charge in [0.15, 0.2) is 0 Å². The lowest BCUT2D eigenvalue weighted by atomic mass is 10.2. The first-order valence-corrected chi connectivity index (χ1v) is 5.27. The lowest BCUT2D eigenvalue weighted by Crippen LogP contribution is -2.09. The summed E-state index contributed by atoms with van der Waals surface area (Å²) in [4.78, 5) is 11.8. The Morgan fingerprint density at radius 2 is 1.65 bits per heavy atom. The standard InChI is InChI=1S/C14H12O3/c15-10-12-8-4-5-9-13(12)17-14(16)11-6-2-1-3-7-11/h1-9,15H,10H2. The predicted molar refractivity (Wildman–Crippen MR) is 63.8 cm³/mol. The highest BCUT2D eigenvalue weighted by Crippen LogP contribution is 2.19. The lowest BCUT2D eigenvalue weighted by Gasteiger charge is -2.07. The van der Waals surface area contributed by atoms with E-state index in [0.29, 0.717) is 16.9 Å². The highest BCUT2D eigenvalue weighted by Gasteiger charge is 2.09. The van der Waals surface area contributed by atoms with Crippen molar-refractivity contribution in [2.45, 2.75) is 6.61 Å². The third kappa shape index (κ3) is 2.71. The third-order valence-electron chi connectivity index (χ3n) is 2.36. The van der Waals surface area contributed by atoms with E-state index in [-0.39, 0.29) is 6.61 Å². The van der Waals surface area contributed by atoms with E-state index < -0.39 is 5.97 Å². The number of rotatable bonds is 3. The zero-order valence-corrected chi connectivity index (χ0v) is 9.17. The van der Waals surface area contributed by atoms with Crippen molar-refractivity contribution in [3.05, 3.63) is 65.7 Å². The Labute approximate surface area is 99.3 Å². The second-order valence-electron chi connectivity index (χ2n) is 3.52. The lowest BCUT2D eigenvalue weighted by molar-refractivity contribution is 0.0731. The van der Waals surface area contributed by atoms with Gasteiger partial charge in [-0.15, -0.1) is 0 Å². The predicted octanol–water partition coefficient (Wildman–Crippen LogP) is 2.40. The molecule has 3 nitrogen and oxygen atoms in total. The van der Waals surface area contributed by atoms with Crippen molar-refractivity contribution < 1.29 is 14.6 Å². The molecule has 0 atom stereocenters. The number of ether oxygens (including phenoxy) is 1. The summed E-state index contributed by atoms with van der Waals surface area (Å²) in [6, 6.07) is 15.7. The molecule has 3 heteroatoms. The van der Waals surface area contributed by atoms with Crippen molar-refractivity contribution >= 4 is 5.97 Å². The van der Waals surface area contributed by atoms with Crippen LogP contribution in [0, 0.1) is 0 Å². The highest BCUT2D eigenvalue weighted by molar-refractivity contribution is 5.91. The van der Waals surface area contributed by atoms with Gasteiger partial charge >= 0.3 is 5.97 Å². The molecule has 2 rings (SSSR count). The molecule has 0 aliphatic carbocycles. The van der Waals surface area contributed by atoms with Gasteiger partial charge in [0, 0.05) is 5.56 Å². The maximum absolute atomic E-state index is 11.8. The number of esters is 1. The molecule has 0 aliphatic rings. The Kier molecular flexibility index (Phi) is 3.52. The maximum Gasteiger partial charge on any atom is 0.343 e. The van der Waals surface area contributed by atoms with Crippen LogP contribution in [-0.4, -0.2) is 11.1 Å². The average molecular weight is 228 g/mol. The fourth-order valence-corrected chi connectivity index (χ4v) is 1.47. The smallest absolute Gasteiger partial charge is 0.343 e. The van der Waals surface area contributed by atoms with E-state index in [1.54, 1.807) is 48.5 Å². The van der Waals surface area contributed by atoms with Crippen molar-refractivity contribution in [3.63, 3.8) is 0 Å². The van der Waals surface area contributed by atoms with E-state index in [9.17, 15) is 4.79 Å². The Morgan fingerprint density at radius 3 is 2.35 bits per heavy atom. The van der Waals surface area contributed by atoms with Crippen molar-refractivity contribution in [3.8, 4) is 5.75 Å². The number of para-hydroxylation sites is 1. The molecule has 0 saturated heterocycles. The molecule has 86 valence electrons. The Morgan fingerprint density at radius 1 is 1.00 bits per heavy atom. The minimum absolute atomic E-state index is 0.155. The van der Waals surface area contributed by atoms with Gasteiger partial charge in [0.25, 0.3) is 0 Å². The van der Waals surface area contributed by atoms with E-state index in [4.69, 9.17) is 9.84 Å². The highest BCUT2D eigenvalue weighted by atomic mass is 16.5. The monoisotopic (exact) mass is 228 g/mol. The number of carbonyl (C=O) groups excluding carboxylic acids is 1. The second-order valence-corrected chi connectivity index (χ2v) is 3.52. The van der Waals surface area contributed by atoms with Crippen molar-refractivity contribution in [2.24, 2.45) is 0 Å². The van der Waals surface area contributed by atoms with E-state index in [1.165, 1.54) is 0 Å². The van der Waals surface area contributed by atoms with Gasteiger partial charge in [-0.2, -0.15) is 0 Å². The largest absolute Gasteiger partial charge is 0.423 e. The summed E-state index contributed by atoms with van der Waals surface area (Å²) in [5.74, 6) is -0.0321. The van der Waals surface area contributed by atoms with Crippen LogP contribution in [0.25, 0.3) is 0 Å². The first-order chi connectivity index (χ1) is 8.31. The first kappa shape index (κ1) is 11.4. The zero-order valence-electron chi connectivity index (χ0n) is 9.17. The molecule has 0 radical (unpaired) electrons. The van der Waals surface area contributed by atoms with Crippen LogP contribution in [0.15, 0.2) is 54.6 Å². The van der Waals surface area contributed by atoms with Crippen LogP contribution in [0.4, 0.5) is 0 Å². The number of aliphatic hydroxyl groups excluding tert-OH is 1. The van der Waals surface area contributed by atoms with Crippen LogP contribution in [0.1, 0.15) is 15.9 Å². The molecule has 17 heavy (non-hydrogen) atoms. The third-order valence-corrected chi connectivity index (χ3v) is 2.36. The van der Waals surface area contributed by atoms with Crippen molar-refractivity contribution in [1.29, 1.82) is 0 Å². The maximum atomic E-state index is 11.8. The molecule has 0 spiro atoms. The summed E-state index contributed by atoms with van der Waals surface area (Å²) in [7, 11) is 0. The normalized spacial score (nSPS) is 9.94. The summed E-state index contributed by atoms with van der Waals surface area (Å²) in [6.45, 7) is -0.155. The number of carbonyl (C=O) groups is 1. The van der Waals surface area contributed by atoms with Gasteiger partial charge in [0.2, 0.25) is 0 Å². The van der Waals surface area contributed by atoms with Gasteiger partial charge in [-0.3, -0.25) is 0 Å². The summed E-state index contributed by atoms with van der Waals surface area (Å²) >= 11 is 0. The first-order valence-electron chi connectivity index (χ1n) is 5.27. The molecular formula is C14H12O3. The van der Waals surface area contributed by atoms with Crippen LogP contribution in [0.5, 0.6) is 5.75 Å². The molecule has 2 aromatic rings. The Balaban J connectivity index is 2.19. The molecule has 0 fully saturated rings.